The van der Waals surface area contributed by atoms with E-state index in [0.29, 0.717) is 6.54 Å². The third-order valence-electron chi connectivity index (χ3n) is 3.22. The minimum atomic E-state index is -0.190. The predicted octanol–water partition coefficient (Wildman–Crippen LogP) is 4.09. The summed E-state index contributed by atoms with van der Waals surface area (Å²) in [5, 5.41) is 3.23. The van der Waals surface area contributed by atoms with Gasteiger partial charge in [-0.15, -0.1) is 0 Å². The number of hydrogen-bond donors (Lipinski definition) is 1. The first kappa shape index (κ1) is 14.5. The Labute approximate surface area is 120 Å². The minimum Gasteiger partial charge on any atom is -0.342 e. The molecule has 0 saturated heterocycles. The lowest BCUT2D eigenvalue weighted by atomic mass is 10.1. The van der Waals surface area contributed by atoms with Crippen molar-refractivity contribution in [3.63, 3.8) is 0 Å². The maximum atomic E-state index is 13.8. The van der Waals surface area contributed by atoms with E-state index in [2.05, 4.69) is 17.1 Å². The maximum absolute atomic E-state index is 13.8. The van der Waals surface area contributed by atoms with Crippen molar-refractivity contribution >= 4 is 11.4 Å². The first-order valence-corrected chi connectivity index (χ1v) is 7.07. The van der Waals surface area contributed by atoms with Crippen LogP contribution in [-0.2, 0) is 6.54 Å². The predicted molar refractivity (Wildman–Crippen MR) is 82.9 cm³/mol. The fourth-order valence-corrected chi connectivity index (χ4v) is 2.28. The zero-order chi connectivity index (χ0) is 14.4. The monoisotopic (exact) mass is 272 g/mol. The lowest BCUT2D eigenvalue weighted by Gasteiger charge is -2.24. The van der Waals surface area contributed by atoms with Gasteiger partial charge in [-0.2, -0.15) is 0 Å². The van der Waals surface area contributed by atoms with Gasteiger partial charge in [0.1, 0.15) is 5.82 Å². The highest BCUT2D eigenvalue weighted by molar-refractivity contribution is 5.63. The van der Waals surface area contributed by atoms with Crippen molar-refractivity contribution in [3.05, 3.63) is 59.9 Å². The van der Waals surface area contributed by atoms with Gasteiger partial charge >= 0.3 is 0 Å². The van der Waals surface area contributed by atoms with Gasteiger partial charge in [0.15, 0.2) is 0 Å². The molecule has 0 heterocycles. The number of anilines is 2. The molecule has 2 rings (SSSR count). The van der Waals surface area contributed by atoms with Crippen molar-refractivity contribution in [2.45, 2.75) is 20.4 Å². The molecular formula is C17H21FN2. The van der Waals surface area contributed by atoms with Crippen molar-refractivity contribution in [2.24, 2.45) is 0 Å². The Morgan fingerprint density at radius 2 is 1.75 bits per heavy atom. The summed E-state index contributed by atoms with van der Waals surface area (Å²) in [5.41, 5.74) is 2.94. The highest BCUT2D eigenvalue weighted by Crippen LogP contribution is 2.26. The fraction of sp³-hybridized carbons (Fsp3) is 0.294. The van der Waals surface area contributed by atoms with Crippen LogP contribution in [0.25, 0.3) is 0 Å². The summed E-state index contributed by atoms with van der Waals surface area (Å²) in [5.74, 6) is -0.190. The van der Waals surface area contributed by atoms with Crippen LogP contribution < -0.4 is 10.2 Å². The first-order chi connectivity index (χ1) is 9.74. The number of nitrogens with one attached hydrogen (secondary N) is 1. The van der Waals surface area contributed by atoms with Crippen molar-refractivity contribution in [3.8, 4) is 0 Å². The number of nitrogens with zero attached hydrogens (tertiary/aromatic N) is 1. The van der Waals surface area contributed by atoms with E-state index in [1.807, 2.05) is 43.3 Å². The normalized spacial score (nSPS) is 10.6. The Morgan fingerprint density at radius 1 is 1.00 bits per heavy atom. The van der Waals surface area contributed by atoms with E-state index in [9.17, 15) is 4.39 Å². The summed E-state index contributed by atoms with van der Waals surface area (Å²) in [6, 6.07) is 15.3. The number of rotatable bonds is 6. The van der Waals surface area contributed by atoms with Crippen LogP contribution in [0.4, 0.5) is 15.8 Å². The quantitative estimate of drug-likeness (QED) is 0.852. The summed E-state index contributed by atoms with van der Waals surface area (Å²) in [7, 11) is 0. The van der Waals surface area contributed by atoms with Crippen LogP contribution in [0.5, 0.6) is 0 Å². The van der Waals surface area contributed by atoms with E-state index in [0.717, 1.165) is 30.0 Å². The first-order valence-electron chi connectivity index (χ1n) is 7.07. The van der Waals surface area contributed by atoms with Gasteiger partial charge in [-0.3, -0.25) is 0 Å². The number of para-hydroxylation sites is 1. The molecule has 106 valence electrons. The molecule has 0 saturated carbocycles. The van der Waals surface area contributed by atoms with Gasteiger partial charge in [0.05, 0.1) is 0 Å². The molecule has 2 aromatic rings. The Balaban J connectivity index is 2.32. The van der Waals surface area contributed by atoms with E-state index in [4.69, 9.17) is 0 Å². The summed E-state index contributed by atoms with van der Waals surface area (Å²) in [6.07, 6.45) is 0. The third kappa shape index (κ3) is 3.58. The van der Waals surface area contributed by atoms with Crippen LogP contribution in [0.15, 0.2) is 48.5 Å². The largest absolute Gasteiger partial charge is 0.342 e. The molecule has 3 heteroatoms. The van der Waals surface area contributed by atoms with Crippen LogP contribution in [-0.4, -0.2) is 13.1 Å². The van der Waals surface area contributed by atoms with Crippen molar-refractivity contribution < 1.29 is 4.39 Å². The molecule has 0 radical (unpaired) electrons. The van der Waals surface area contributed by atoms with Gasteiger partial charge in [-0.25, -0.2) is 4.39 Å². The second-order valence-electron chi connectivity index (χ2n) is 4.68. The molecule has 2 aromatic carbocycles. The van der Waals surface area contributed by atoms with E-state index in [1.165, 1.54) is 0 Å². The molecule has 0 amide bonds. The molecular weight excluding hydrogens is 251 g/mol. The fourth-order valence-electron chi connectivity index (χ4n) is 2.28. The van der Waals surface area contributed by atoms with Crippen LogP contribution >= 0.6 is 0 Å². The molecule has 0 aliphatic heterocycles. The van der Waals surface area contributed by atoms with Gasteiger partial charge in [0.25, 0.3) is 0 Å². The second-order valence-corrected chi connectivity index (χ2v) is 4.68. The summed E-state index contributed by atoms with van der Waals surface area (Å²) in [6.45, 7) is 6.48. The molecule has 0 spiro atoms. The highest BCUT2D eigenvalue weighted by Gasteiger charge is 2.09. The van der Waals surface area contributed by atoms with Gasteiger partial charge in [-0.05, 0) is 49.4 Å². The van der Waals surface area contributed by atoms with Crippen LogP contribution in [0.3, 0.4) is 0 Å². The molecule has 1 N–H and O–H groups in total. The molecule has 0 aliphatic rings. The molecule has 0 bridgehead atoms. The van der Waals surface area contributed by atoms with E-state index in [-0.39, 0.29) is 5.82 Å². The Kier molecular flexibility index (Phi) is 5.13. The van der Waals surface area contributed by atoms with Gasteiger partial charge < -0.3 is 10.2 Å². The molecule has 2 nitrogen and oxygen atoms in total. The zero-order valence-electron chi connectivity index (χ0n) is 12.1. The lowest BCUT2D eigenvalue weighted by molar-refractivity contribution is 0.621. The summed E-state index contributed by atoms with van der Waals surface area (Å²) >= 11 is 0. The van der Waals surface area contributed by atoms with Gasteiger partial charge in [-0.1, -0.05) is 25.1 Å². The Bertz CT molecular complexity index is 540. The van der Waals surface area contributed by atoms with Gasteiger partial charge in [0.2, 0.25) is 0 Å². The average molecular weight is 272 g/mol. The topological polar surface area (TPSA) is 15.3 Å². The molecule has 0 aliphatic carbocycles. The Morgan fingerprint density at radius 3 is 2.40 bits per heavy atom. The van der Waals surface area contributed by atoms with Crippen molar-refractivity contribution in [1.29, 1.82) is 0 Å². The third-order valence-corrected chi connectivity index (χ3v) is 3.22. The zero-order valence-corrected chi connectivity index (χ0v) is 12.1. The molecule has 0 unspecified atom stereocenters. The Hall–Kier alpha value is -1.87. The second kappa shape index (κ2) is 7.06. The summed E-state index contributed by atoms with van der Waals surface area (Å²) in [4.78, 5) is 2.11. The van der Waals surface area contributed by atoms with E-state index >= 15 is 0 Å². The molecule has 20 heavy (non-hydrogen) atoms. The molecule has 0 atom stereocenters. The smallest absolute Gasteiger partial charge is 0.125 e. The van der Waals surface area contributed by atoms with Gasteiger partial charge in [0, 0.05) is 24.5 Å². The van der Waals surface area contributed by atoms with Crippen LogP contribution in [0.2, 0.25) is 0 Å². The lowest BCUT2D eigenvalue weighted by Crippen LogP contribution is -2.17. The van der Waals surface area contributed by atoms with E-state index in [1.54, 1.807) is 12.1 Å². The standard InChI is InChI=1S/C17H21FN2/c1-3-19-13-14-10-15(18)12-17(11-14)20(4-2)16-8-6-5-7-9-16/h5-12,19H,3-4,13H2,1-2H3. The highest BCUT2D eigenvalue weighted by atomic mass is 19.1. The van der Waals surface area contributed by atoms with Crippen LogP contribution in [0, 0.1) is 5.82 Å². The number of benzene rings is 2. The molecule has 0 fully saturated rings. The minimum absolute atomic E-state index is 0.190. The summed E-state index contributed by atoms with van der Waals surface area (Å²) < 4.78 is 13.8. The number of hydrogen-bond acceptors (Lipinski definition) is 2. The molecule has 0 aromatic heterocycles. The maximum Gasteiger partial charge on any atom is 0.125 e. The SMILES string of the molecule is CCNCc1cc(F)cc(N(CC)c2ccccc2)c1. The van der Waals surface area contributed by atoms with Crippen LogP contribution in [0.1, 0.15) is 19.4 Å². The van der Waals surface area contributed by atoms with E-state index < -0.39 is 0 Å². The average Bonchev–Trinajstić information content (AvgIpc) is 2.46. The van der Waals surface area contributed by atoms with Crippen molar-refractivity contribution in [1.82, 2.24) is 5.32 Å². The van der Waals surface area contributed by atoms with Crippen molar-refractivity contribution in [2.75, 3.05) is 18.0 Å². The number of halogens is 1.